The first kappa shape index (κ1) is 12.5. The van der Waals surface area contributed by atoms with Gasteiger partial charge in [0.05, 0.1) is 6.10 Å². The van der Waals surface area contributed by atoms with Crippen LogP contribution >= 0.6 is 0 Å². The first-order valence-corrected chi connectivity index (χ1v) is 5.84. The molecule has 1 aliphatic rings. The number of amides is 1. The molecule has 0 saturated heterocycles. The first-order chi connectivity index (χ1) is 7.13. The molecule has 0 heterocycles. The van der Waals surface area contributed by atoms with Crippen molar-refractivity contribution in [1.82, 2.24) is 5.32 Å². The molecule has 1 atom stereocenters. The number of carbonyl (C=O) groups excluding carboxylic acids is 1. The zero-order valence-corrected chi connectivity index (χ0v) is 9.41. The van der Waals surface area contributed by atoms with E-state index in [2.05, 4.69) is 5.32 Å². The van der Waals surface area contributed by atoms with Gasteiger partial charge in [-0.15, -0.1) is 0 Å². The number of aliphatic hydroxyl groups excluding tert-OH is 1. The highest BCUT2D eigenvalue weighted by molar-refractivity contribution is 5.76. The molecule has 1 saturated carbocycles. The van der Waals surface area contributed by atoms with E-state index < -0.39 is 0 Å². The van der Waals surface area contributed by atoms with Crippen LogP contribution in [0.25, 0.3) is 0 Å². The Morgan fingerprint density at radius 1 is 1.47 bits per heavy atom. The van der Waals surface area contributed by atoms with Crippen LogP contribution in [0.1, 0.15) is 39.0 Å². The van der Waals surface area contributed by atoms with Gasteiger partial charge in [0.2, 0.25) is 5.91 Å². The number of rotatable bonds is 5. The van der Waals surface area contributed by atoms with Crippen LogP contribution in [-0.4, -0.2) is 29.7 Å². The van der Waals surface area contributed by atoms with Gasteiger partial charge in [-0.2, -0.15) is 0 Å². The van der Waals surface area contributed by atoms with E-state index >= 15 is 0 Å². The fourth-order valence-electron chi connectivity index (χ4n) is 2.03. The van der Waals surface area contributed by atoms with E-state index in [1.165, 1.54) is 0 Å². The molecule has 4 N–H and O–H groups in total. The molecule has 0 aromatic rings. The Bertz CT molecular complexity index is 201. The van der Waals surface area contributed by atoms with E-state index in [9.17, 15) is 9.90 Å². The number of hydrogen-bond acceptors (Lipinski definition) is 3. The van der Waals surface area contributed by atoms with Gasteiger partial charge in [0, 0.05) is 18.5 Å². The van der Waals surface area contributed by atoms with Crippen molar-refractivity contribution in [2.45, 2.75) is 51.2 Å². The van der Waals surface area contributed by atoms with Crippen LogP contribution in [0.3, 0.4) is 0 Å². The van der Waals surface area contributed by atoms with Gasteiger partial charge in [-0.25, -0.2) is 0 Å². The highest BCUT2D eigenvalue weighted by Crippen LogP contribution is 2.23. The van der Waals surface area contributed by atoms with Crippen LogP contribution < -0.4 is 11.1 Å². The van der Waals surface area contributed by atoms with Crippen molar-refractivity contribution in [3.05, 3.63) is 0 Å². The van der Waals surface area contributed by atoms with E-state index in [1.807, 2.05) is 6.92 Å². The minimum Gasteiger partial charge on any atom is -0.392 e. The van der Waals surface area contributed by atoms with Gasteiger partial charge < -0.3 is 16.2 Å². The van der Waals surface area contributed by atoms with E-state index in [4.69, 9.17) is 5.73 Å². The summed E-state index contributed by atoms with van der Waals surface area (Å²) in [6.07, 6.45) is 4.28. The maximum Gasteiger partial charge on any atom is 0.220 e. The van der Waals surface area contributed by atoms with Crippen LogP contribution in [0.4, 0.5) is 0 Å². The van der Waals surface area contributed by atoms with Crippen molar-refractivity contribution >= 4 is 5.91 Å². The van der Waals surface area contributed by atoms with Crippen LogP contribution in [0.5, 0.6) is 0 Å². The predicted molar refractivity (Wildman–Crippen MR) is 59.2 cm³/mol. The number of nitrogens with one attached hydrogen (secondary N) is 1. The standard InChI is InChI=1S/C11H22N2O2/c1-2-10(14)7-13-9-5-3-8(4-6-9)11(12)15/h8-10,13-14H,2-7H2,1H3,(H2,12,15). The van der Waals surface area contributed by atoms with E-state index in [1.54, 1.807) is 0 Å². The summed E-state index contributed by atoms with van der Waals surface area (Å²) < 4.78 is 0. The minimum atomic E-state index is -0.251. The average molecular weight is 214 g/mol. The Kier molecular flexibility index (Phi) is 5.05. The van der Waals surface area contributed by atoms with E-state index in [0.29, 0.717) is 12.6 Å². The lowest BCUT2D eigenvalue weighted by Gasteiger charge is -2.28. The second-order valence-electron chi connectivity index (χ2n) is 4.42. The fourth-order valence-corrected chi connectivity index (χ4v) is 2.03. The molecule has 0 spiro atoms. The highest BCUT2D eigenvalue weighted by atomic mass is 16.3. The number of nitrogens with two attached hydrogens (primary N) is 1. The lowest BCUT2D eigenvalue weighted by Crippen LogP contribution is -2.39. The molecule has 15 heavy (non-hydrogen) atoms. The molecule has 4 heteroatoms. The summed E-state index contributed by atoms with van der Waals surface area (Å²) in [4.78, 5) is 10.9. The third-order valence-electron chi connectivity index (χ3n) is 3.24. The predicted octanol–water partition coefficient (Wildman–Crippen LogP) is 0.391. The summed E-state index contributed by atoms with van der Waals surface area (Å²) in [6, 6.07) is 0.446. The van der Waals surface area contributed by atoms with Gasteiger partial charge in [0.15, 0.2) is 0 Å². The van der Waals surface area contributed by atoms with Crippen LogP contribution in [0, 0.1) is 5.92 Å². The van der Waals surface area contributed by atoms with E-state index in [0.717, 1.165) is 32.1 Å². The lowest BCUT2D eigenvalue weighted by atomic mass is 9.85. The van der Waals surface area contributed by atoms with E-state index in [-0.39, 0.29) is 17.9 Å². The molecular weight excluding hydrogens is 192 g/mol. The quantitative estimate of drug-likeness (QED) is 0.619. The fraction of sp³-hybridized carbons (Fsp3) is 0.909. The molecule has 0 aromatic carbocycles. The monoisotopic (exact) mass is 214 g/mol. The molecule has 1 fully saturated rings. The van der Waals surface area contributed by atoms with Gasteiger partial charge in [-0.05, 0) is 32.1 Å². The lowest BCUT2D eigenvalue weighted by molar-refractivity contribution is -0.122. The largest absolute Gasteiger partial charge is 0.392 e. The zero-order chi connectivity index (χ0) is 11.3. The van der Waals surface area contributed by atoms with Gasteiger partial charge in [-0.1, -0.05) is 6.92 Å². The molecule has 0 aliphatic heterocycles. The molecule has 4 nitrogen and oxygen atoms in total. The maximum absolute atomic E-state index is 10.9. The maximum atomic E-state index is 10.9. The number of primary amides is 1. The molecular formula is C11H22N2O2. The van der Waals surface area contributed by atoms with Crippen molar-refractivity contribution in [1.29, 1.82) is 0 Å². The summed E-state index contributed by atoms with van der Waals surface area (Å²) in [7, 11) is 0. The molecule has 1 amide bonds. The molecule has 88 valence electrons. The minimum absolute atomic E-state index is 0.0687. The van der Waals surface area contributed by atoms with Crippen molar-refractivity contribution in [3.63, 3.8) is 0 Å². The third-order valence-corrected chi connectivity index (χ3v) is 3.24. The van der Waals surface area contributed by atoms with Gasteiger partial charge in [-0.3, -0.25) is 4.79 Å². The van der Waals surface area contributed by atoms with Crippen LogP contribution in [-0.2, 0) is 4.79 Å². The molecule has 0 radical (unpaired) electrons. The molecule has 1 aliphatic carbocycles. The third kappa shape index (κ3) is 4.18. The van der Waals surface area contributed by atoms with Crippen LogP contribution in [0.2, 0.25) is 0 Å². The smallest absolute Gasteiger partial charge is 0.220 e. The van der Waals surface area contributed by atoms with Gasteiger partial charge >= 0.3 is 0 Å². The number of hydrogen-bond donors (Lipinski definition) is 3. The summed E-state index contributed by atoms with van der Waals surface area (Å²) in [5.74, 6) is -0.0961. The van der Waals surface area contributed by atoms with Gasteiger partial charge in [0.1, 0.15) is 0 Å². The topological polar surface area (TPSA) is 75.3 Å². The number of carbonyl (C=O) groups is 1. The number of aliphatic hydroxyl groups is 1. The molecule has 0 bridgehead atoms. The van der Waals surface area contributed by atoms with Crippen molar-refractivity contribution in [2.75, 3.05) is 6.54 Å². The summed E-state index contributed by atoms with van der Waals surface area (Å²) in [6.45, 7) is 2.62. The highest BCUT2D eigenvalue weighted by Gasteiger charge is 2.24. The molecule has 0 aromatic heterocycles. The second-order valence-corrected chi connectivity index (χ2v) is 4.42. The Balaban J connectivity index is 2.17. The van der Waals surface area contributed by atoms with Crippen molar-refractivity contribution in [2.24, 2.45) is 11.7 Å². The zero-order valence-electron chi connectivity index (χ0n) is 9.41. The Morgan fingerprint density at radius 2 is 2.07 bits per heavy atom. The van der Waals surface area contributed by atoms with Crippen molar-refractivity contribution < 1.29 is 9.90 Å². The van der Waals surface area contributed by atoms with Crippen LogP contribution in [0.15, 0.2) is 0 Å². The summed E-state index contributed by atoms with van der Waals surface area (Å²) in [5.41, 5.74) is 5.26. The second kappa shape index (κ2) is 6.08. The van der Waals surface area contributed by atoms with Gasteiger partial charge in [0.25, 0.3) is 0 Å². The first-order valence-electron chi connectivity index (χ1n) is 5.84. The normalized spacial score (nSPS) is 28.7. The molecule has 1 rings (SSSR count). The molecule has 1 unspecified atom stereocenters. The van der Waals surface area contributed by atoms with Crippen molar-refractivity contribution in [3.8, 4) is 0 Å². The average Bonchev–Trinajstić information content (AvgIpc) is 2.26. The Morgan fingerprint density at radius 3 is 2.53 bits per heavy atom. The SMILES string of the molecule is CCC(O)CNC1CCC(C(N)=O)CC1. The summed E-state index contributed by atoms with van der Waals surface area (Å²) >= 11 is 0. The summed E-state index contributed by atoms with van der Waals surface area (Å²) in [5, 5.41) is 12.7. The Labute approximate surface area is 91.2 Å². The Hall–Kier alpha value is -0.610.